The van der Waals surface area contributed by atoms with Gasteiger partial charge in [-0.2, -0.15) is 0 Å². The molecule has 0 spiro atoms. The van der Waals surface area contributed by atoms with Crippen LogP contribution in [0.5, 0.6) is 0 Å². The van der Waals surface area contributed by atoms with E-state index in [1.807, 2.05) is 6.92 Å². The molecule has 1 rings (SSSR count). The first kappa shape index (κ1) is 7.73. The summed E-state index contributed by atoms with van der Waals surface area (Å²) in [6.07, 6.45) is 3.18. The van der Waals surface area contributed by atoms with Crippen molar-refractivity contribution < 1.29 is 9.53 Å². The summed E-state index contributed by atoms with van der Waals surface area (Å²) in [5.41, 5.74) is 0. The average Bonchev–Trinajstić information content (AvgIpc) is 1.82. The molecule has 1 aliphatic carbocycles. The van der Waals surface area contributed by atoms with Crippen molar-refractivity contribution in [3.63, 3.8) is 0 Å². The van der Waals surface area contributed by atoms with Crippen LogP contribution in [0.4, 0.5) is 0 Å². The lowest BCUT2D eigenvalue weighted by atomic mass is 9.81. The largest absolute Gasteiger partial charge is 0.374 e. The summed E-state index contributed by atoms with van der Waals surface area (Å²) in [7, 11) is 1.58. The van der Waals surface area contributed by atoms with Gasteiger partial charge < -0.3 is 4.74 Å². The third-order valence-corrected chi connectivity index (χ3v) is 2.26. The Morgan fingerprint density at radius 1 is 1.60 bits per heavy atom. The molecule has 10 heavy (non-hydrogen) atoms. The third kappa shape index (κ3) is 1.37. The molecule has 0 bridgehead atoms. The average molecular weight is 142 g/mol. The van der Waals surface area contributed by atoms with E-state index in [1.54, 1.807) is 7.11 Å². The van der Waals surface area contributed by atoms with E-state index in [4.69, 9.17) is 4.74 Å². The highest BCUT2D eigenvalue weighted by Crippen LogP contribution is 2.28. The zero-order valence-corrected chi connectivity index (χ0v) is 6.59. The molecule has 1 unspecified atom stereocenters. The SMILES string of the molecule is COC(C)C(=O)C1CCC1. The van der Waals surface area contributed by atoms with Crippen molar-refractivity contribution in [1.29, 1.82) is 0 Å². The minimum absolute atomic E-state index is 0.190. The van der Waals surface area contributed by atoms with Crippen molar-refractivity contribution in [2.45, 2.75) is 32.3 Å². The van der Waals surface area contributed by atoms with Crippen LogP contribution in [-0.4, -0.2) is 19.0 Å². The quantitative estimate of drug-likeness (QED) is 0.595. The number of ether oxygens (including phenoxy) is 1. The fourth-order valence-electron chi connectivity index (χ4n) is 1.14. The van der Waals surface area contributed by atoms with E-state index >= 15 is 0 Å². The molecule has 0 aromatic carbocycles. The monoisotopic (exact) mass is 142 g/mol. The minimum atomic E-state index is -0.190. The van der Waals surface area contributed by atoms with Gasteiger partial charge in [0.1, 0.15) is 6.10 Å². The maximum absolute atomic E-state index is 11.2. The maximum Gasteiger partial charge on any atom is 0.164 e. The van der Waals surface area contributed by atoms with Crippen LogP contribution in [0.15, 0.2) is 0 Å². The molecule has 0 amide bonds. The van der Waals surface area contributed by atoms with Crippen molar-refractivity contribution in [2.24, 2.45) is 5.92 Å². The summed E-state index contributed by atoms with van der Waals surface area (Å²) < 4.78 is 4.92. The standard InChI is InChI=1S/C8H14O2/c1-6(10-2)8(9)7-4-3-5-7/h6-7H,3-5H2,1-2H3. The van der Waals surface area contributed by atoms with Gasteiger partial charge in [0.15, 0.2) is 5.78 Å². The van der Waals surface area contributed by atoms with Crippen LogP contribution in [-0.2, 0) is 9.53 Å². The second kappa shape index (κ2) is 3.15. The van der Waals surface area contributed by atoms with Gasteiger partial charge in [-0.3, -0.25) is 4.79 Å². The molecule has 0 heterocycles. The number of Topliss-reactive ketones (excluding diaryl/α,β-unsaturated/α-hetero) is 1. The van der Waals surface area contributed by atoms with Gasteiger partial charge in [0.05, 0.1) is 0 Å². The lowest BCUT2D eigenvalue weighted by Gasteiger charge is -2.25. The highest BCUT2D eigenvalue weighted by atomic mass is 16.5. The van der Waals surface area contributed by atoms with Gasteiger partial charge in [0.2, 0.25) is 0 Å². The van der Waals surface area contributed by atoms with Crippen molar-refractivity contribution in [3.05, 3.63) is 0 Å². The Morgan fingerprint density at radius 3 is 2.50 bits per heavy atom. The van der Waals surface area contributed by atoms with Crippen molar-refractivity contribution >= 4 is 5.78 Å². The predicted octanol–water partition coefficient (Wildman–Crippen LogP) is 1.39. The van der Waals surface area contributed by atoms with E-state index < -0.39 is 0 Å². The van der Waals surface area contributed by atoms with Gasteiger partial charge >= 0.3 is 0 Å². The Bertz CT molecular complexity index is 120. The van der Waals surface area contributed by atoms with Crippen LogP contribution in [0.25, 0.3) is 0 Å². The molecule has 1 fully saturated rings. The molecule has 1 aliphatic rings. The molecule has 0 aliphatic heterocycles. The smallest absolute Gasteiger partial charge is 0.164 e. The number of hydrogen-bond acceptors (Lipinski definition) is 2. The van der Waals surface area contributed by atoms with Crippen molar-refractivity contribution in [2.75, 3.05) is 7.11 Å². The first-order valence-corrected chi connectivity index (χ1v) is 3.82. The predicted molar refractivity (Wildman–Crippen MR) is 38.8 cm³/mol. The van der Waals surface area contributed by atoms with Crippen molar-refractivity contribution in [3.8, 4) is 0 Å². The second-order valence-corrected chi connectivity index (χ2v) is 2.91. The van der Waals surface area contributed by atoms with Crippen LogP contribution in [0.3, 0.4) is 0 Å². The van der Waals surface area contributed by atoms with Gasteiger partial charge in [-0.1, -0.05) is 6.42 Å². The van der Waals surface area contributed by atoms with E-state index in [0.717, 1.165) is 12.8 Å². The number of rotatable bonds is 3. The van der Waals surface area contributed by atoms with E-state index in [2.05, 4.69) is 0 Å². The lowest BCUT2D eigenvalue weighted by Crippen LogP contribution is -2.31. The Balaban J connectivity index is 2.32. The number of carbonyl (C=O) groups is 1. The number of carbonyl (C=O) groups excluding carboxylic acids is 1. The zero-order chi connectivity index (χ0) is 7.56. The fourth-order valence-corrected chi connectivity index (χ4v) is 1.14. The van der Waals surface area contributed by atoms with Gasteiger partial charge in [-0.05, 0) is 19.8 Å². The first-order chi connectivity index (χ1) is 4.75. The number of hydrogen-bond donors (Lipinski definition) is 0. The summed E-state index contributed by atoms with van der Waals surface area (Å²) in [4.78, 5) is 11.2. The minimum Gasteiger partial charge on any atom is -0.374 e. The summed E-state index contributed by atoms with van der Waals surface area (Å²) >= 11 is 0. The maximum atomic E-state index is 11.2. The Hall–Kier alpha value is -0.370. The van der Waals surface area contributed by atoms with Crippen molar-refractivity contribution in [1.82, 2.24) is 0 Å². The summed E-state index contributed by atoms with van der Waals surface area (Å²) in [6, 6.07) is 0. The summed E-state index contributed by atoms with van der Waals surface area (Å²) in [6.45, 7) is 1.82. The van der Waals surface area contributed by atoms with E-state index in [9.17, 15) is 4.79 Å². The van der Waals surface area contributed by atoms with Crippen LogP contribution in [0.2, 0.25) is 0 Å². The first-order valence-electron chi connectivity index (χ1n) is 3.82. The molecule has 0 aromatic heterocycles. The molecule has 2 nitrogen and oxygen atoms in total. The zero-order valence-electron chi connectivity index (χ0n) is 6.59. The van der Waals surface area contributed by atoms with Gasteiger partial charge in [-0.15, -0.1) is 0 Å². The topological polar surface area (TPSA) is 26.3 Å². The highest BCUT2D eigenvalue weighted by molar-refractivity contribution is 5.85. The summed E-state index contributed by atoms with van der Waals surface area (Å²) in [5.74, 6) is 0.601. The normalized spacial score (nSPS) is 21.8. The lowest BCUT2D eigenvalue weighted by molar-refractivity contribution is -0.134. The fraction of sp³-hybridized carbons (Fsp3) is 0.875. The van der Waals surface area contributed by atoms with E-state index in [1.165, 1.54) is 6.42 Å². The molecule has 58 valence electrons. The van der Waals surface area contributed by atoms with Crippen LogP contribution < -0.4 is 0 Å². The van der Waals surface area contributed by atoms with E-state index in [-0.39, 0.29) is 11.9 Å². The van der Waals surface area contributed by atoms with E-state index in [0.29, 0.717) is 5.92 Å². The summed E-state index contributed by atoms with van der Waals surface area (Å²) in [5, 5.41) is 0. The number of ketones is 1. The Morgan fingerprint density at radius 2 is 2.20 bits per heavy atom. The Kier molecular flexibility index (Phi) is 2.44. The molecule has 1 saturated carbocycles. The molecule has 0 radical (unpaired) electrons. The molecule has 2 heteroatoms. The Labute approximate surface area is 61.6 Å². The van der Waals surface area contributed by atoms with Crippen LogP contribution >= 0.6 is 0 Å². The van der Waals surface area contributed by atoms with Crippen LogP contribution in [0.1, 0.15) is 26.2 Å². The van der Waals surface area contributed by atoms with Crippen LogP contribution in [0, 0.1) is 5.92 Å². The molecule has 0 aromatic rings. The molecular formula is C8H14O2. The molecule has 1 atom stereocenters. The molecule has 0 saturated heterocycles. The molecule has 0 N–H and O–H groups in total. The van der Waals surface area contributed by atoms with Gasteiger partial charge in [-0.25, -0.2) is 0 Å². The molecular weight excluding hydrogens is 128 g/mol. The highest BCUT2D eigenvalue weighted by Gasteiger charge is 2.28. The third-order valence-electron chi connectivity index (χ3n) is 2.26. The second-order valence-electron chi connectivity index (χ2n) is 2.91. The number of methoxy groups -OCH3 is 1. The van der Waals surface area contributed by atoms with Gasteiger partial charge in [0.25, 0.3) is 0 Å². The van der Waals surface area contributed by atoms with Gasteiger partial charge in [0, 0.05) is 13.0 Å².